The van der Waals surface area contributed by atoms with Gasteiger partial charge in [-0.3, -0.25) is 9.59 Å². The molecule has 1 aromatic rings. The second kappa shape index (κ2) is 7.47. The van der Waals surface area contributed by atoms with Crippen molar-refractivity contribution in [3.05, 3.63) is 29.8 Å². The van der Waals surface area contributed by atoms with Gasteiger partial charge in [-0.25, -0.2) is 4.79 Å². The zero-order valence-electron chi connectivity index (χ0n) is 14.5. The number of methoxy groups -OCH3 is 1. The fourth-order valence-corrected chi connectivity index (χ4v) is 2.98. The second-order valence-corrected chi connectivity index (χ2v) is 6.48. The van der Waals surface area contributed by atoms with Crippen LogP contribution in [0.4, 0.5) is 5.69 Å². The van der Waals surface area contributed by atoms with Crippen LogP contribution in [-0.2, 0) is 19.1 Å². The maximum absolute atomic E-state index is 12.7. The van der Waals surface area contributed by atoms with E-state index in [1.165, 1.54) is 7.11 Å². The normalized spacial score (nSPS) is 18.1. The van der Waals surface area contributed by atoms with E-state index >= 15 is 0 Å². The number of nitrogens with one attached hydrogen (secondary N) is 1. The summed E-state index contributed by atoms with van der Waals surface area (Å²) in [6.45, 7) is 3.94. The van der Waals surface area contributed by atoms with Gasteiger partial charge in [0.25, 0.3) is 0 Å². The van der Waals surface area contributed by atoms with Crippen LogP contribution in [0.5, 0.6) is 0 Å². The lowest BCUT2D eigenvalue weighted by molar-refractivity contribution is -0.145. The number of rotatable bonds is 5. The van der Waals surface area contributed by atoms with E-state index < -0.39 is 17.9 Å². The zero-order valence-corrected chi connectivity index (χ0v) is 14.5. The van der Waals surface area contributed by atoms with Gasteiger partial charge in [0.15, 0.2) is 0 Å². The third-order valence-electron chi connectivity index (χ3n) is 4.25. The standard InChI is InChI=1S/C18H24N2O4/c1-11(2)9-14(18(23)24-4)19-17(22)13-10-16(21)20(3)15-8-6-5-7-12(13)15/h5-8,11,13-14H,9-10H2,1-4H3,(H,19,22). The molecule has 1 aliphatic rings. The van der Waals surface area contributed by atoms with Crippen LogP contribution in [-0.4, -0.2) is 38.0 Å². The molecular weight excluding hydrogens is 308 g/mol. The van der Waals surface area contributed by atoms with Gasteiger partial charge < -0.3 is 15.0 Å². The van der Waals surface area contributed by atoms with Gasteiger partial charge in [0.05, 0.1) is 13.0 Å². The van der Waals surface area contributed by atoms with E-state index in [2.05, 4.69) is 5.32 Å². The molecule has 6 heteroatoms. The third kappa shape index (κ3) is 3.75. The smallest absolute Gasteiger partial charge is 0.328 e. The Bertz CT molecular complexity index is 642. The summed E-state index contributed by atoms with van der Waals surface area (Å²) in [5.41, 5.74) is 1.53. The fraction of sp³-hybridized carbons (Fsp3) is 0.500. The Kier molecular flexibility index (Phi) is 5.59. The lowest BCUT2D eigenvalue weighted by Crippen LogP contribution is -2.46. The summed E-state index contributed by atoms with van der Waals surface area (Å²) in [6, 6.07) is 6.63. The van der Waals surface area contributed by atoms with Crippen LogP contribution in [0, 0.1) is 5.92 Å². The molecule has 0 aromatic heterocycles. The largest absolute Gasteiger partial charge is 0.467 e. The number of anilines is 1. The Hall–Kier alpha value is -2.37. The van der Waals surface area contributed by atoms with E-state index in [1.54, 1.807) is 11.9 Å². The van der Waals surface area contributed by atoms with Crippen molar-refractivity contribution in [1.82, 2.24) is 5.32 Å². The van der Waals surface area contributed by atoms with Gasteiger partial charge in [0, 0.05) is 19.2 Å². The molecule has 24 heavy (non-hydrogen) atoms. The molecule has 130 valence electrons. The predicted octanol–water partition coefficient (Wildman–Crippen LogP) is 1.84. The average molecular weight is 332 g/mol. The number of amides is 2. The molecule has 0 radical (unpaired) electrons. The molecule has 0 saturated heterocycles. The van der Waals surface area contributed by atoms with E-state index in [4.69, 9.17) is 4.74 Å². The highest BCUT2D eigenvalue weighted by atomic mass is 16.5. The lowest BCUT2D eigenvalue weighted by atomic mass is 9.88. The maximum atomic E-state index is 12.7. The van der Waals surface area contributed by atoms with Crippen molar-refractivity contribution in [3.63, 3.8) is 0 Å². The van der Waals surface area contributed by atoms with E-state index in [1.807, 2.05) is 38.1 Å². The highest BCUT2D eigenvalue weighted by Crippen LogP contribution is 2.35. The van der Waals surface area contributed by atoms with Crippen molar-refractivity contribution in [1.29, 1.82) is 0 Å². The molecule has 1 aromatic carbocycles. The van der Waals surface area contributed by atoms with Crippen LogP contribution in [0.1, 0.15) is 38.2 Å². The van der Waals surface area contributed by atoms with Crippen LogP contribution in [0.25, 0.3) is 0 Å². The van der Waals surface area contributed by atoms with Crippen molar-refractivity contribution in [2.45, 2.75) is 38.6 Å². The lowest BCUT2D eigenvalue weighted by Gasteiger charge is -2.31. The molecule has 1 heterocycles. The second-order valence-electron chi connectivity index (χ2n) is 6.48. The SMILES string of the molecule is COC(=O)C(CC(C)C)NC(=O)C1CC(=O)N(C)c2ccccc21. The van der Waals surface area contributed by atoms with E-state index in [0.717, 1.165) is 11.3 Å². The Morgan fingerprint density at radius 1 is 1.33 bits per heavy atom. The molecule has 1 N–H and O–H groups in total. The van der Waals surface area contributed by atoms with Gasteiger partial charge in [-0.1, -0.05) is 32.0 Å². The van der Waals surface area contributed by atoms with Crippen molar-refractivity contribution in [2.24, 2.45) is 5.92 Å². The summed E-state index contributed by atoms with van der Waals surface area (Å²) in [7, 11) is 3.00. The molecule has 0 saturated carbocycles. The number of carbonyl (C=O) groups excluding carboxylic acids is 3. The van der Waals surface area contributed by atoms with Crippen LogP contribution < -0.4 is 10.2 Å². The van der Waals surface area contributed by atoms with E-state index in [0.29, 0.717) is 6.42 Å². The molecule has 0 spiro atoms. The first kappa shape index (κ1) is 18.0. The summed E-state index contributed by atoms with van der Waals surface area (Å²) in [4.78, 5) is 38.4. The molecule has 2 rings (SSSR count). The fourth-order valence-electron chi connectivity index (χ4n) is 2.98. The summed E-state index contributed by atoms with van der Waals surface area (Å²) >= 11 is 0. The van der Waals surface area contributed by atoms with E-state index in [-0.39, 0.29) is 24.2 Å². The number of fused-ring (bicyclic) bond motifs is 1. The molecule has 2 unspecified atom stereocenters. The molecule has 0 fully saturated rings. The van der Waals surface area contributed by atoms with Gasteiger partial charge in [-0.05, 0) is 24.0 Å². The van der Waals surface area contributed by atoms with Crippen LogP contribution >= 0.6 is 0 Å². The average Bonchev–Trinajstić information content (AvgIpc) is 2.56. The minimum absolute atomic E-state index is 0.0922. The number of nitrogens with zero attached hydrogens (tertiary/aromatic N) is 1. The van der Waals surface area contributed by atoms with Crippen LogP contribution in [0.3, 0.4) is 0 Å². The van der Waals surface area contributed by atoms with Crippen LogP contribution in [0.2, 0.25) is 0 Å². The quantitative estimate of drug-likeness (QED) is 0.835. The Morgan fingerprint density at radius 2 is 2.00 bits per heavy atom. The molecule has 2 amide bonds. The van der Waals surface area contributed by atoms with Gasteiger partial charge >= 0.3 is 5.97 Å². The molecular formula is C18H24N2O4. The zero-order chi connectivity index (χ0) is 17.9. The third-order valence-corrected chi connectivity index (χ3v) is 4.25. The van der Waals surface area contributed by atoms with E-state index in [9.17, 15) is 14.4 Å². The van der Waals surface area contributed by atoms with Crippen LogP contribution in [0.15, 0.2) is 24.3 Å². The molecule has 1 aliphatic heterocycles. The van der Waals surface area contributed by atoms with Gasteiger partial charge in [0.2, 0.25) is 11.8 Å². The summed E-state index contributed by atoms with van der Waals surface area (Å²) < 4.78 is 4.78. The molecule has 0 aliphatic carbocycles. The summed E-state index contributed by atoms with van der Waals surface area (Å²) in [5.74, 6) is -1.28. The Labute approximate surface area is 142 Å². The molecule has 6 nitrogen and oxygen atoms in total. The maximum Gasteiger partial charge on any atom is 0.328 e. The summed E-state index contributed by atoms with van der Waals surface area (Å²) in [6.07, 6.45) is 0.579. The first-order valence-corrected chi connectivity index (χ1v) is 8.08. The monoisotopic (exact) mass is 332 g/mol. The van der Waals surface area contributed by atoms with Gasteiger partial charge in [-0.15, -0.1) is 0 Å². The van der Waals surface area contributed by atoms with Gasteiger partial charge in [-0.2, -0.15) is 0 Å². The highest BCUT2D eigenvalue weighted by Gasteiger charge is 2.35. The first-order chi connectivity index (χ1) is 11.3. The van der Waals surface area contributed by atoms with Crippen molar-refractivity contribution >= 4 is 23.5 Å². The minimum Gasteiger partial charge on any atom is -0.467 e. The number of hydrogen-bond acceptors (Lipinski definition) is 4. The predicted molar refractivity (Wildman–Crippen MR) is 90.6 cm³/mol. The van der Waals surface area contributed by atoms with Crippen molar-refractivity contribution in [2.75, 3.05) is 19.1 Å². The number of carbonyl (C=O) groups is 3. The number of ether oxygens (including phenoxy) is 1. The van der Waals surface area contributed by atoms with Crippen molar-refractivity contribution < 1.29 is 19.1 Å². The Balaban J connectivity index is 2.24. The number of esters is 1. The number of benzene rings is 1. The Morgan fingerprint density at radius 3 is 2.62 bits per heavy atom. The topological polar surface area (TPSA) is 75.7 Å². The summed E-state index contributed by atoms with van der Waals surface area (Å²) in [5, 5.41) is 2.76. The van der Waals surface area contributed by atoms with Gasteiger partial charge in [0.1, 0.15) is 6.04 Å². The highest BCUT2D eigenvalue weighted by molar-refractivity contribution is 6.03. The molecule has 2 atom stereocenters. The van der Waals surface area contributed by atoms with Crippen molar-refractivity contribution in [3.8, 4) is 0 Å². The first-order valence-electron chi connectivity index (χ1n) is 8.08. The minimum atomic E-state index is -0.704. The molecule has 0 bridgehead atoms. The number of hydrogen-bond donors (Lipinski definition) is 1. The number of para-hydroxylation sites is 1.